The molecule has 1 atom stereocenters. The highest BCUT2D eigenvalue weighted by Crippen LogP contribution is 2.23. The molecule has 10 heteroatoms. The third kappa shape index (κ3) is 5.05. The van der Waals surface area contributed by atoms with Crippen molar-refractivity contribution in [2.24, 2.45) is 5.10 Å². The van der Waals surface area contributed by atoms with Gasteiger partial charge in [-0.2, -0.15) is 5.10 Å². The van der Waals surface area contributed by atoms with Gasteiger partial charge in [-0.05, 0) is 37.1 Å². The number of nitrogens with one attached hydrogen (secondary N) is 1. The average Bonchev–Trinajstić information content (AvgIpc) is 3.44. The largest absolute Gasteiger partial charge is 0.395 e. The Balaban J connectivity index is 1.71. The summed E-state index contributed by atoms with van der Waals surface area (Å²) >= 11 is 6.01. The van der Waals surface area contributed by atoms with Gasteiger partial charge < -0.3 is 10.4 Å². The molecule has 34 heavy (non-hydrogen) atoms. The molecule has 1 aliphatic rings. The number of benzene rings is 2. The summed E-state index contributed by atoms with van der Waals surface area (Å²) in [6.07, 6.45) is 0.658. The van der Waals surface area contributed by atoms with Crippen molar-refractivity contribution in [3.8, 4) is 0 Å². The molecule has 4 rings (SSSR count). The van der Waals surface area contributed by atoms with E-state index in [4.69, 9.17) is 21.8 Å². The fourth-order valence-electron chi connectivity index (χ4n) is 3.78. The lowest BCUT2D eigenvalue weighted by Gasteiger charge is -2.18. The lowest BCUT2D eigenvalue weighted by atomic mass is 10.1. The Kier molecular flexibility index (Phi) is 7.14. The monoisotopic (exact) mass is 482 g/mol. The second-order valence-electron chi connectivity index (χ2n) is 8.21. The van der Waals surface area contributed by atoms with Crippen molar-refractivity contribution in [2.75, 3.05) is 24.7 Å². The van der Waals surface area contributed by atoms with Crippen molar-refractivity contribution in [3.63, 3.8) is 0 Å². The van der Waals surface area contributed by atoms with Crippen LogP contribution < -0.4 is 16.0 Å². The molecular formula is C24H27ClN6O3. The average molecular weight is 483 g/mol. The van der Waals surface area contributed by atoms with E-state index in [1.807, 2.05) is 55.5 Å². The maximum Gasteiger partial charge on any atom is 0.348 e. The van der Waals surface area contributed by atoms with E-state index in [1.165, 1.54) is 9.25 Å². The summed E-state index contributed by atoms with van der Waals surface area (Å²) in [5.41, 5.74) is 3.43. The summed E-state index contributed by atoms with van der Waals surface area (Å²) in [5.74, 6) is -0.0823. The Hall–Kier alpha value is -3.43. The van der Waals surface area contributed by atoms with Crippen LogP contribution in [0.15, 0.2) is 58.4 Å². The van der Waals surface area contributed by atoms with Crippen molar-refractivity contribution in [3.05, 3.63) is 80.7 Å². The molecule has 2 aromatic carbocycles. The minimum Gasteiger partial charge on any atom is -0.395 e. The first-order valence-corrected chi connectivity index (χ1v) is 11.5. The molecule has 1 amide bonds. The second-order valence-corrected chi connectivity index (χ2v) is 8.65. The predicted octanol–water partition coefficient (Wildman–Crippen LogP) is 2.34. The van der Waals surface area contributed by atoms with Crippen molar-refractivity contribution in [1.82, 2.24) is 19.7 Å². The van der Waals surface area contributed by atoms with E-state index < -0.39 is 11.7 Å². The topological polar surface area (TPSA) is 105 Å². The summed E-state index contributed by atoms with van der Waals surface area (Å²) in [6.45, 7) is 4.34. The number of hydrogen-bond acceptors (Lipinski definition) is 6. The van der Waals surface area contributed by atoms with E-state index in [2.05, 4.69) is 10.4 Å². The predicted molar refractivity (Wildman–Crippen MR) is 132 cm³/mol. The van der Waals surface area contributed by atoms with Gasteiger partial charge in [-0.1, -0.05) is 53.6 Å². The Morgan fingerprint density at radius 1 is 1.18 bits per heavy atom. The van der Waals surface area contributed by atoms with Crippen LogP contribution in [0.25, 0.3) is 0 Å². The number of hydrogen-bond donors (Lipinski definition) is 2. The zero-order valence-electron chi connectivity index (χ0n) is 19.1. The number of aryl methyl sites for hydroxylation is 1. The number of nitrogens with zero attached hydrogens (tertiary/aromatic N) is 5. The van der Waals surface area contributed by atoms with E-state index in [0.717, 1.165) is 22.4 Å². The van der Waals surface area contributed by atoms with E-state index in [1.54, 1.807) is 11.9 Å². The van der Waals surface area contributed by atoms with E-state index in [0.29, 0.717) is 23.9 Å². The van der Waals surface area contributed by atoms with E-state index in [9.17, 15) is 9.59 Å². The Bertz CT molecular complexity index is 1250. The fraction of sp³-hybridized carbons (Fsp3) is 0.333. The zero-order chi connectivity index (χ0) is 24.2. The number of rotatable bonds is 8. The van der Waals surface area contributed by atoms with Gasteiger partial charge in [-0.25, -0.2) is 19.1 Å². The molecular weight excluding hydrogens is 456 g/mol. The molecule has 1 aromatic heterocycles. The third-order valence-corrected chi connectivity index (χ3v) is 5.95. The van der Waals surface area contributed by atoms with Crippen LogP contribution in [-0.2, 0) is 11.3 Å². The molecule has 1 unspecified atom stereocenters. The SMILES string of the molecule is Cc1ccc(Cn2nc(N3CCC(c4ccc(Cl)cc4)=N3)n(C(C)C(=O)NCCO)c2=O)cc1. The number of amides is 1. The van der Waals surface area contributed by atoms with Crippen LogP contribution >= 0.6 is 11.6 Å². The first-order chi connectivity index (χ1) is 16.4. The summed E-state index contributed by atoms with van der Waals surface area (Å²) in [6, 6.07) is 14.4. The maximum absolute atomic E-state index is 13.4. The molecule has 0 fully saturated rings. The minimum absolute atomic E-state index is 0.105. The van der Waals surface area contributed by atoms with Gasteiger partial charge in [0, 0.05) is 18.0 Å². The summed E-state index contributed by atoms with van der Waals surface area (Å²) < 4.78 is 2.71. The molecule has 0 bridgehead atoms. The molecule has 9 nitrogen and oxygen atoms in total. The molecule has 0 saturated carbocycles. The molecule has 178 valence electrons. The van der Waals surface area contributed by atoms with Crippen LogP contribution in [0.5, 0.6) is 0 Å². The Morgan fingerprint density at radius 2 is 1.88 bits per heavy atom. The lowest BCUT2D eigenvalue weighted by molar-refractivity contribution is -0.124. The maximum atomic E-state index is 13.4. The van der Waals surface area contributed by atoms with Gasteiger partial charge in [0.05, 0.1) is 25.4 Å². The number of hydrazone groups is 1. The second kappa shape index (κ2) is 10.2. The normalized spacial score (nSPS) is 14.2. The highest BCUT2D eigenvalue weighted by Gasteiger charge is 2.29. The smallest absolute Gasteiger partial charge is 0.348 e. The van der Waals surface area contributed by atoms with Gasteiger partial charge in [0.15, 0.2) is 0 Å². The van der Waals surface area contributed by atoms with Crippen molar-refractivity contribution in [1.29, 1.82) is 0 Å². The molecule has 0 aliphatic carbocycles. The number of aliphatic hydroxyl groups excluding tert-OH is 1. The van der Waals surface area contributed by atoms with Crippen molar-refractivity contribution >= 4 is 29.2 Å². The Morgan fingerprint density at radius 3 is 2.56 bits per heavy atom. The van der Waals surface area contributed by atoms with Gasteiger partial charge in [-0.15, -0.1) is 5.10 Å². The van der Waals surface area contributed by atoms with Gasteiger partial charge in [0.2, 0.25) is 11.9 Å². The highest BCUT2D eigenvalue weighted by atomic mass is 35.5. The van der Waals surface area contributed by atoms with Crippen molar-refractivity contribution < 1.29 is 9.90 Å². The number of halogens is 1. The molecule has 0 spiro atoms. The lowest BCUT2D eigenvalue weighted by Crippen LogP contribution is -2.38. The minimum atomic E-state index is -0.837. The van der Waals surface area contributed by atoms with Crippen LogP contribution in [0.4, 0.5) is 5.95 Å². The molecule has 3 aromatic rings. The third-order valence-electron chi connectivity index (χ3n) is 5.69. The van der Waals surface area contributed by atoms with Crippen LogP contribution in [0.1, 0.15) is 36.1 Å². The first kappa shape index (κ1) is 23.7. The summed E-state index contributed by atoms with van der Waals surface area (Å²) in [4.78, 5) is 26.0. The van der Waals surface area contributed by atoms with Gasteiger partial charge >= 0.3 is 5.69 Å². The van der Waals surface area contributed by atoms with Crippen LogP contribution in [-0.4, -0.2) is 50.8 Å². The fourth-order valence-corrected chi connectivity index (χ4v) is 3.91. The zero-order valence-corrected chi connectivity index (χ0v) is 19.9. The standard InChI is InChI=1S/C24H27ClN6O3/c1-16-3-5-18(6-4-16)15-30-24(34)31(17(2)22(33)26-12-14-32)23(28-30)29-13-11-21(27-29)19-7-9-20(25)10-8-19/h3-10,17,32H,11-15H2,1-2H3,(H,26,33). The van der Waals surface area contributed by atoms with Crippen LogP contribution in [0.2, 0.25) is 5.02 Å². The van der Waals surface area contributed by atoms with E-state index >= 15 is 0 Å². The molecule has 1 aliphatic heterocycles. The molecule has 0 radical (unpaired) electrons. The number of carbonyl (C=O) groups excluding carboxylic acids is 1. The van der Waals surface area contributed by atoms with Gasteiger partial charge in [0.1, 0.15) is 6.04 Å². The summed E-state index contributed by atoms with van der Waals surface area (Å²) in [7, 11) is 0. The van der Waals surface area contributed by atoms with Crippen LogP contribution in [0, 0.1) is 6.92 Å². The van der Waals surface area contributed by atoms with Gasteiger partial charge in [-0.3, -0.25) is 4.79 Å². The van der Waals surface area contributed by atoms with Crippen molar-refractivity contribution in [2.45, 2.75) is 32.9 Å². The summed E-state index contributed by atoms with van der Waals surface area (Å²) in [5, 5.41) is 23.3. The van der Waals surface area contributed by atoms with E-state index in [-0.39, 0.29) is 25.6 Å². The molecule has 2 N–H and O–H groups in total. The Labute approximate surface area is 202 Å². The number of aromatic nitrogens is 3. The molecule has 2 heterocycles. The number of anilines is 1. The van der Waals surface area contributed by atoms with Crippen LogP contribution in [0.3, 0.4) is 0 Å². The number of aliphatic hydroxyl groups is 1. The molecule has 0 saturated heterocycles. The first-order valence-electron chi connectivity index (χ1n) is 11.1. The quantitative estimate of drug-likeness (QED) is 0.512. The number of carbonyl (C=O) groups is 1. The van der Waals surface area contributed by atoms with Gasteiger partial charge in [0.25, 0.3) is 0 Å². The highest BCUT2D eigenvalue weighted by molar-refractivity contribution is 6.30.